The third-order valence-corrected chi connectivity index (χ3v) is 4.84. The summed E-state index contributed by atoms with van der Waals surface area (Å²) in [4.78, 5) is 22.8. The van der Waals surface area contributed by atoms with Crippen LogP contribution >= 0.6 is 23.1 Å². The third-order valence-electron chi connectivity index (χ3n) is 2.81. The molecule has 0 aliphatic heterocycles. The molecule has 1 aromatic carbocycles. The molecule has 2 rings (SSSR count). The molecule has 0 saturated heterocycles. The first-order valence-electron chi connectivity index (χ1n) is 6.50. The van der Waals surface area contributed by atoms with Crippen LogP contribution < -0.4 is 10.1 Å². The number of nitrogens with one attached hydrogen (secondary N) is 1. The number of nitro benzene ring substituents is 1. The first-order chi connectivity index (χ1) is 10.9. The van der Waals surface area contributed by atoms with E-state index >= 15 is 0 Å². The average molecular weight is 354 g/mol. The van der Waals surface area contributed by atoms with Gasteiger partial charge in [-0.05, 0) is 26.0 Å². The molecule has 0 fully saturated rings. The molecule has 23 heavy (non-hydrogen) atoms. The number of methoxy groups -OCH3 is 1. The van der Waals surface area contributed by atoms with Crippen LogP contribution in [0.4, 0.5) is 11.4 Å². The second-order valence-corrected chi connectivity index (χ2v) is 7.25. The van der Waals surface area contributed by atoms with Crippen molar-refractivity contribution in [2.24, 2.45) is 0 Å². The van der Waals surface area contributed by atoms with Crippen molar-refractivity contribution in [1.29, 1.82) is 0 Å². The van der Waals surface area contributed by atoms with Crippen LogP contribution in [0.15, 0.2) is 22.5 Å². The van der Waals surface area contributed by atoms with Gasteiger partial charge in [0.05, 0.1) is 23.3 Å². The highest BCUT2D eigenvalue weighted by Crippen LogP contribution is 2.31. The molecule has 1 heterocycles. The highest BCUT2D eigenvalue weighted by atomic mass is 32.2. The maximum atomic E-state index is 12.2. The van der Waals surface area contributed by atoms with E-state index in [4.69, 9.17) is 4.74 Å². The van der Waals surface area contributed by atoms with E-state index in [2.05, 4.69) is 15.5 Å². The van der Waals surface area contributed by atoms with Crippen molar-refractivity contribution in [3.63, 3.8) is 0 Å². The van der Waals surface area contributed by atoms with Crippen molar-refractivity contribution in [3.8, 4) is 5.75 Å². The maximum Gasteiger partial charge on any atom is 0.296 e. The molecule has 122 valence electrons. The van der Waals surface area contributed by atoms with E-state index in [0.29, 0.717) is 10.1 Å². The second-order valence-electron chi connectivity index (χ2n) is 4.48. The van der Waals surface area contributed by atoms with Gasteiger partial charge in [-0.3, -0.25) is 14.9 Å². The normalized spacial score (nSPS) is 11.8. The Morgan fingerprint density at radius 2 is 2.22 bits per heavy atom. The molecule has 0 radical (unpaired) electrons. The van der Waals surface area contributed by atoms with Crippen LogP contribution in [0.25, 0.3) is 0 Å². The first-order valence-corrected chi connectivity index (χ1v) is 8.20. The molecule has 8 nitrogen and oxygen atoms in total. The van der Waals surface area contributed by atoms with E-state index in [0.717, 1.165) is 5.01 Å². The van der Waals surface area contributed by atoms with E-state index in [9.17, 15) is 14.9 Å². The Kier molecular flexibility index (Phi) is 5.50. The highest BCUT2D eigenvalue weighted by molar-refractivity contribution is 8.02. The van der Waals surface area contributed by atoms with E-state index in [1.165, 1.54) is 42.3 Å². The number of amides is 1. The number of nitrogens with zero attached hydrogens (tertiary/aromatic N) is 3. The number of thioether (sulfide) groups is 1. The maximum absolute atomic E-state index is 12.2. The zero-order valence-corrected chi connectivity index (χ0v) is 14.2. The Labute approximate surface area is 140 Å². The molecule has 0 aliphatic carbocycles. The van der Waals surface area contributed by atoms with Gasteiger partial charge in [0.25, 0.3) is 5.69 Å². The van der Waals surface area contributed by atoms with Gasteiger partial charge in [0.2, 0.25) is 5.91 Å². The summed E-state index contributed by atoms with van der Waals surface area (Å²) >= 11 is 2.64. The topological polar surface area (TPSA) is 107 Å². The summed E-state index contributed by atoms with van der Waals surface area (Å²) in [6.45, 7) is 3.53. The van der Waals surface area contributed by atoms with Crippen LogP contribution in [-0.4, -0.2) is 33.4 Å². The Hall–Kier alpha value is -2.20. The molecule has 1 aromatic heterocycles. The van der Waals surface area contributed by atoms with Crippen molar-refractivity contribution >= 4 is 40.4 Å². The first kappa shape index (κ1) is 17.2. The fraction of sp³-hybridized carbons (Fsp3) is 0.308. The summed E-state index contributed by atoms with van der Waals surface area (Å²) in [6.07, 6.45) is 0. The van der Waals surface area contributed by atoms with Gasteiger partial charge >= 0.3 is 0 Å². The monoisotopic (exact) mass is 354 g/mol. The summed E-state index contributed by atoms with van der Waals surface area (Å²) in [5.74, 6) is -0.00224. The quantitative estimate of drug-likeness (QED) is 0.483. The Bertz CT molecular complexity index is 735. The lowest BCUT2D eigenvalue weighted by Crippen LogP contribution is -2.22. The van der Waals surface area contributed by atoms with Gasteiger partial charge in [0.15, 0.2) is 4.34 Å². The van der Waals surface area contributed by atoms with Gasteiger partial charge in [0, 0.05) is 0 Å². The Morgan fingerprint density at radius 3 is 2.78 bits per heavy atom. The van der Waals surface area contributed by atoms with E-state index < -0.39 is 10.2 Å². The fourth-order valence-corrected chi connectivity index (χ4v) is 3.62. The zero-order valence-electron chi connectivity index (χ0n) is 12.6. The smallest absolute Gasteiger partial charge is 0.296 e. The summed E-state index contributed by atoms with van der Waals surface area (Å²) in [5, 5.41) is 21.8. The van der Waals surface area contributed by atoms with Gasteiger partial charge in [-0.25, -0.2) is 0 Å². The highest BCUT2D eigenvalue weighted by Gasteiger charge is 2.21. The molecule has 0 aliphatic rings. The number of aromatic nitrogens is 2. The van der Waals surface area contributed by atoms with Crippen LogP contribution in [0.2, 0.25) is 0 Å². The van der Waals surface area contributed by atoms with Gasteiger partial charge < -0.3 is 10.1 Å². The minimum atomic E-state index is -0.565. The van der Waals surface area contributed by atoms with Crippen molar-refractivity contribution in [3.05, 3.63) is 33.3 Å². The Morgan fingerprint density at radius 1 is 1.48 bits per heavy atom. The van der Waals surface area contributed by atoms with E-state index in [1.807, 2.05) is 6.92 Å². The molecule has 1 N–H and O–H groups in total. The number of aryl methyl sites for hydroxylation is 1. The van der Waals surface area contributed by atoms with Crippen molar-refractivity contribution < 1.29 is 14.5 Å². The van der Waals surface area contributed by atoms with Crippen LogP contribution in [0.3, 0.4) is 0 Å². The summed E-state index contributed by atoms with van der Waals surface area (Å²) in [7, 11) is 1.42. The standard InChI is InChI=1S/C13H14N4O4S2/c1-7(22-13-16-15-8(2)23-13)12(18)14-10-5-4-9(21-3)6-11(10)17(19)20/h4-7H,1-3H3,(H,14,18)/t7-/m1/s1. The van der Waals surface area contributed by atoms with E-state index in [1.54, 1.807) is 13.0 Å². The van der Waals surface area contributed by atoms with Crippen LogP contribution in [0.5, 0.6) is 5.75 Å². The van der Waals surface area contributed by atoms with Gasteiger partial charge in [-0.15, -0.1) is 10.2 Å². The van der Waals surface area contributed by atoms with Crippen molar-refractivity contribution in [2.45, 2.75) is 23.4 Å². The molecular weight excluding hydrogens is 340 g/mol. The van der Waals surface area contributed by atoms with Crippen molar-refractivity contribution in [2.75, 3.05) is 12.4 Å². The summed E-state index contributed by atoms with van der Waals surface area (Å²) in [6, 6.07) is 4.26. The van der Waals surface area contributed by atoms with Crippen LogP contribution in [-0.2, 0) is 4.79 Å². The number of rotatable bonds is 6. The number of hydrogen-bond donors (Lipinski definition) is 1. The van der Waals surface area contributed by atoms with Crippen LogP contribution in [0, 0.1) is 17.0 Å². The molecule has 0 unspecified atom stereocenters. The molecule has 0 bridgehead atoms. The lowest BCUT2D eigenvalue weighted by atomic mass is 10.2. The minimum absolute atomic E-state index is 0.127. The number of ether oxygens (including phenoxy) is 1. The summed E-state index contributed by atoms with van der Waals surface area (Å²) in [5.41, 5.74) is -0.0941. The summed E-state index contributed by atoms with van der Waals surface area (Å²) < 4.78 is 5.63. The van der Waals surface area contributed by atoms with E-state index in [-0.39, 0.29) is 17.3 Å². The number of anilines is 1. The van der Waals surface area contributed by atoms with Gasteiger partial charge in [0.1, 0.15) is 16.4 Å². The van der Waals surface area contributed by atoms with Crippen LogP contribution in [0.1, 0.15) is 11.9 Å². The lowest BCUT2D eigenvalue weighted by Gasteiger charge is -2.11. The average Bonchev–Trinajstić information content (AvgIpc) is 2.92. The molecule has 1 amide bonds. The Balaban J connectivity index is 2.11. The largest absolute Gasteiger partial charge is 0.496 e. The second kappa shape index (κ2) is 7.38. The molecule has 2 aromatic rings. The molecule has 1 atom stereocenters. The molecular formula is C13H14N4O4S2. The zero-order chi connectivity index (χ0) is 17.0. The fourth-order valence-electron chi connectivity index (χ4n) is 1.66. The number of benzene rings is 1. The number of carbonyl (C=O) groups is 1. The SMILES string of the molecule is COc1ccc(NC(=O)[C@@H](C)Sc2nnc(C)s2)c([N+](=O)[O-])c1. The lowest BCUT2D eigenvalue weighted by molar-refractivity contribution is -0.384. The van der Waals surface area contributed by atoms with Gasteiger partial charge in [-0.2, -0.15) is 0 Å². The number of carbonyl (C=O) groups excluding carboxylic acids is 1. The number of nitro groups is 1. The predicted octanol–water partition coefficient (Wildman–Crippen LogP) is 2.88. The van der Waals surface area contributed by atoms with Crippen molar-refractivity contribution in [1.82, 2.24) is 10.2 Å². The molecule has 0 spiro atoms. The molecule has 0 saturated carbocycles. The number of hydrogen-bond acceptors (Lipinski definition) is 8. The predicted molar refractivity (Wildman–Crippen MR) is 88.2 cm³/mol. The van der Waals surface area contributed by atoms with Gasteiger partial charge in [-0.1, -0.05) is 23.1 Å². The molecule has 10 heteroatoms. The minimum Gasteiger partial charge on any atom is -0.496 e. The third kappa shape index (κ3) is 4.39.